The number of aromatic nitrogens is 2. The van der Waals surface area contributed by atoms with Gasteiger partial charge in [-0.15, -0.1) is 11.3 Å². The van der Waals surface area contributed by atoms with Crippen molar-refractivity contribution < 1.29 is 0 Å². The third-order valence-corrected chi connectivity index (χ3v) is 6.99. The van der Waals surface area contributed by atoms with E-state index in [1.165, 1.54) is 50.3 Å². The summed E-state index contributed by atoms with van der Waals surface area (Å²) in [5, 5.41) is 0. The molecule has 0 amide bonds. The smallest absolute Gasteiger partial charge is 0.0925 e. The summed E-state index contributed by atoms with van der Waals surface area (Å²) < 4.78 is 0. The molecule has 3 saturated heterocycles. The van der Waals surface area contributed by atoms with Crippen molar-refractivity contribution in [3.63, 3.8) is 0 Å². The van der Waals surface area contributed by atoms with E-state index in [1.807, 2.05) is 17.7 Å². The Kier molecular flexibility index (Phi) is 5.48. The fourth-order valence-electron chi connectivity index (χ4n) is 4.58. The van der Waals surface area contributed by atoms with Crippen LogP contribution < -0.4 is 0 Å². The Balaban J connectivity index is 1.40. The molecule has 2 aromatic rings. The lowest BCUT2D eigenvalue weighted by Crippen LogP contribution is -2.43. The standard InChI is InChI=1S/C21H32N4S/c1-15(2)8-19-6-7-20(26-19)12-25-10-17-4-5-18(25)11-24(9-17)13-21-16(3)22-14-23-21/h6-7,14-15,17-18H,4-5,8-13H2,1-3H3,(H,22,23)/t17-,18+/m1/s1. The summed E-state index contributed by atoms with van der Waals surface area (Å²) in [5.74, 6) is 1.55. The summed E-state index contributed by atoms with van der Waals surface area (Å²) in [6, 6.07) is 5.41. The number of thiophene rings is 1. The van der Waals surface area contributed by atoms with E-state index < -0.39 is 0 Å². The van der Waals surface area contributed by atoms with Crippen LogP contribution in [0.5, 0.6) is 0 Å². The van der Waals surface area contributed by atoms with Gasteiger partial charge in [-0.1, -0.05) is 13.8 Å². The van der Waals surface area contributed by atoms with Crippen LogP contribution in [0.15, 0.2) is 18.5 Å². The van der Waals surface area contributed by atoms with E-state index >= 15 is 0 Å². The molecule has 0 spiro atoms. The quantitative estimate of drug-likeness (QED) is 0.830. The Bertz CT molecular complexity index is 719. The number of aryl methyl sites for hydroxylation is 1. The highest BCUT2D eigenvalue weighted by Gasteiger charge is 2.35. The van der Waals surface area contributed by atoms with Gasteiger partial charge in [-0.3, -0.25) is 9.80 Å². The van der Waals surface area contributed by atoms with Crippen LogP contribution in [0.4, 0.5) is 0 Å². The van der Waals surface area contributed by atoms with Gasteiger partial charge in [0, 0.05) is 54.2 Å². The van der Waals surface area contributed by atoms with Gasteiger partial charge in [0.2, 0.25) is 0 Å². The molecule has 2 aromatic heterocycles. The highest BCUT2D eigenvalue weighted by Crippen LogP contribution is 2.31. The van der Waals surface area contributed by atoms with Crippen molar-refractivity contribution in [1.82, 2.24) is 19.8 Å². The van der Waals surface area contributed by atoms with Crippen LogP contribution in [0.3, 0.4) is 0 Å². The maximum atomic E-state index is 4.51. The summed E-state index contributed by atoms with van der Waals surface area (Å²) in [7, 11) is 0. The van der Waals surface area contributed by atoms with Crippen molar-refractivity contribution in [3.05, 3.63) is 39.6 Å². The van der Waals surface area contributed by atoms with Crippen molar-refractivity contribution in [2.45, 2.75) is 59.2 Å². The summed E-state index contributed by atoms with van der Waals surface area (Å²) >= 11 is 2.03. The SMILES string of the molecule is Cc1[nH]cnc1CN1C[C@H]2CC[C@@H](C1)N(Cc1ccc(CC(C)C)s1)C2. The number of nitrogens with one attached hydrogen (secondary N) is 1. The molecule has 2 bridgehead atoms. The minimum absolute atomic E-state index is 0.698. The zero-order valence-corrected chi connectivity index (χ0v) is 17.2. The minimum atomic E-state index is 0.698. The number of H-pyrrole nitrogens is 1. The van der Waals surface area contributed by atoms with E-state index in [9.17, 15) is 0 Å². The van der Waals surface area contributed by atoms with E-state index in [4.69, 9.17) is 0 Å². The number of nitrogens with zero attached hydrogens (tertiary/aromatic N) is 3. The minimum Gasteiger partial charge on any atom is -0.348 e. The van der Waals surface area contributed by atoms with Crippen LogP contribution >= 0.6 is 11.3 Å². The second-order valence-electron chi connectivity index (χ2n) is 8.66. The van der Waals surface area contributed by atoms with Crippen LogP contribution in [0, 0.1) is 18.8 Å². The molecule has 5 heteroatoms. The third kappa shape index (κ3) is 4.21. The number of imidazole rings is 1. The average Bonchev–Trinajstić information content (AvgIpc) is 3.08. The molecule has 26 heavy (non-hydrogen) atoms. The molecule has 142 valence electrons. The van der Waals surface area contributed by atoms with Crippen LogP contribution in [-0.4, -0.2) is 45.4 Å². The molecule has 3 aliphatic heterocycles. The molecule has 3 fully saturated rings. The Morgan fingerprint density at radius 3 is 2.77 bits per heavy atom. The van der Waals surface area contributed by atoms with Crippen LogP contribution in [0.1, 0.15) is 47.8 Å². The van der Waals surface area contributed by atoms with Gasteiger partial charge in [0.05, 0.1) is 12.0 Å². The molecule has 2 atom stereocenters. The van der Waals surface area contributed by atoms with Crippen molar-refractivity contribution >= 4 is 11.3 Å². The summed E-state index contributed by atoms with van der Waals surface area (Å²) in [4.78, 5) is 16.2. The van der Waals surface area contributed by atoms with Crippen molar-refractivity contribution in [2.24, 2.45) is 11.8 Å². The predicted molar refractivity (Wildman–Crippen MR) is 108 cm³/mol. The second kappa shape index (κ2) is 7.83. The molecule has 4 nitrogen and oxygen atoms in total. The highest BCUT2D eigenvalue weighted by molar-refractivity contribution is 7.11. The zero-order valence-electron chi connectivity index (χ0n) is 16.4. The highest BCUT2D eigenvalue weighted by atomic mass is 32.1. The Hall–Kier alpha value is -1.17. The first kappa shape index (κ1) is 18.2. The molecule has 5 rings (SSSR count). The number of hydrogen-bond acceptors (Lipinski definition) is 4. The number of rotatable bonds is 6. The van der Waals surface area contributed by atoms with Crippen molar-refractivity contribution in [1.29, 1.82) is 0 Å². The maximum Gasteiger partial charge on any atom is 0.0925 e. The lowest BCUT2D eigenvalue weighted by atomic mass is 9.95. The number of fused-ring (bicyclic) bond motifs is 4. The topological polar surface area (TPSA) is 35.2 Å². The first-order valence-corrected chi connectivity index (χ1v) is 10.9. The van der Waals surface area contributed by atoms with Crippen molar-refractivity contribution in [3.8, 4) is 0 Å². The molecule has 3 aliphatic rings. The van der Waals surface area contributed by atoms with E-state index in [-0.39, 0.29) is 0 Å². The largest absolute Gasteiger partial charge is 0.348 e. The molecule has 5 heterocycles. The zero-order chi connectivity index (χ0) is 18.1. The molecule has 0 radical (unpaired) electrons. The first-order valence-electron chi connectivity index (χ1n) is 10.1. The maximum absolute atomic E-state index is 4.51. The fraction of sp³-hybridized carbons (Fsp3) is 0.667. The lowest BCUT2D eigenvalue weighted by molar-refractivity contribution is 0.124. The Morgan fingerprint density at radius 1 is 1.15 bits per heavy atom. The summed E-state index contributed by atoms with van der Waals surface area (Å²) in [5.41, 5.74) is 2.43. The Labute approximate surface area is 161 Å². The lowest BCUT2D eigenvalue weighted by Gasteiger charge is -2.35. The fourth-order valence-corrected chi connectivity index (χ4v) is 5.83. The number of aromatic amines is 1. The van der Waals surface area contributed by atoms with Gasteiger partial charge >= 0.3 is 0 Å². The van der Waals surface area contributed by atoms with E-state index in [0.29, 0.717) is 6.04 Å². The van der Waals surface area contributed by atoms with E-state index in [0.717, 1.165) is 24.9 Å². The van der Waals surface area contributed by atoms with Gasteiger partial charge in [-0.25, -0.2) is 4.98 Å². The number of hydrogen-bond donors (Lipinski definition) is 1. The summed E-state index contributed by atoms with van der Waals surface area (Å²) in [6.45, 7) is 12.6. The normalized spacial score (nSPS) is 24.5. The van der Waals surface area contributed by atoms with Crippen molar-refractivity contribution in [2.75, 3.05) is 19.6 Å². The molecule has 0 aromatic carbocycles. The van der Waals surface area contributed by atoms with Gasteiger partial charge in [-0.05, 0) is 50.2 Å². The van der Waals surface area contributed by atoms with E-state index in [2.05, 4.69) is 52.7 Å². The second-order valence-corrected chi connectivity index (χ2v) is 9.91. The molecule has 0 unspecified atom stereocenters. The van der Waals surface area contributed by atoms with E-state index in [1.54, 1.807) is 9.75 Å². The van der Waals surface area contributed by atoms with Gasteiger partial charge < -0.3 is 4.98 Å². The van der Waals surface area contributed by atoms with Crippen LogP contribution in [0.25, 0.3) is 0 Å². The van der Waals surface area contributed by atoms with Gasteiger partial charge in [0.1, 0.15) is 0 Å². The van der Waals surface area contributed by atoms with Gasteiger partial charge in [-0.2, -0.15) is 0 Å². The molecule has 0 aliphatic carbocycles. The first-order chi connectivity index (χ1) is 12.6. The Morgan fingerprint density at radius 2 is 2.00 bits per heavy atom. The van der Waals surface area contributed by atoms with Crippen LogP contribution in [-0.2, 0) is 19.5 Å². The molecular weight excluding hydrogens is 340 g/mol. The number of piperidine rings is 1. The molecule has 0 saturated carbocycles. The van der Waals surface area contributed by atoms with Gasteiger partial charge in [0.15, 0.2) is 0 Å². The monoisotopic (exact) mass is 372 g/mol. The van der Waals surface area contributed by atoms with Gasteiger partial charge in [0.25, 0.3) is 0 Å². The third-order valence-electron chi connectivity index (χ3n) is 5.90. The summed E-state index contributed by atoms with van der Waals surface area (Å²) in [6.07, 6.45) is 5.79. The van der Waals surface area contributed by atoms with Crippen LogP contribution in [0.2, 0.25) is 0 Å². The molecule has 1 N–H and O–H groups in total. The predicted octanol–water partition coefficient (Wildman–Crippen LogP) is 4.07. The molecular formula is C21H32N4S. The average molecular weight is 373 g/mol.